The maximum atomic E-state index is 11.5. The molecule has 0 spiro atoms. The van der Waals surface area contributed by atoms with Crippen LogP contribution in [0.1, 0.15) is 37.6 Å². The van der Waals surface area contributed by atoms with Crippen LogP contribution in [0.4, 0.5) is 5.82 Å². The highest BCUT2D eigenvalue weighted by Crippen LogP contribution is 2.20. The van der Waals surface area contributed by atoms with E-state index >= 15 is 0 Å². The number of thiocarbonyl (C=S) groups is 1. The summed E-state index contributed by atoms with van der Waals surface area (Å²) in [6, 6.07) is 0. The summed E-state index contributed by atoms with van der Waals surface area (Å²) in [4.78, 5) is 0.247. The highest BCUT2D eigenvalue weighted by molar-refractivity contribution is 7.91. The number of anilines is 1. The van der Waals surface area contributed by atoms with Crippen molar-refractivity contribution in [1.82, 2.24) is 10.2 Å². The molecule has 1 aromatic heterocycles. The van der Waals surface area contributed by atoms with E-state index in [1.54, 1.807) is 6.92 Å². The number of sulfone groups is 1. The van der Waals surface area contributed by atoms with Crippen LogP contribution in [0.5, 0.6) is 0 Å². The Labute approximate surface area is 131 Å². The molecule has 118 valence electrons. The topological polar surface area (TPSA) is 98.0 Å². The standard InChI is InChI=1S/C13H22N4O2S2/c1-4-9-10(5-2)16-17-13(11(9)12(14)20)15-7-8-21(18,19)6-3/h4-8H2,1-3H3,(H2,14,20)(H,15,17). The molecule has 0 aliphatic rings. The maximum absolute atomic E-state index is 11.5. The zero-order chi connectivity index (χ0) is 16.0. The van der Waals surface area contributed by atoms with Crippen molar-refractivity contribution in [2.24, 2.45) is 5.73 Å². The quantitative estimate of drug-likeness (QED) is 0.688. The Morgan fingerprint density at radius 2 is 1.90 bits per heavy atom. The van der Waals surface area contributed by atoms with Gasteiger partial charge in [0.25, 0.3) is 0 Å². The van der Waals surface area contributed by atoms with Gasteiger partial charge in [-0.1, -0.05) is 33.0 Å². The van der Waals surface area contributed by atoms with Crippen molar-refractivity contribution < 1.29 is 8.42 Å². The minimum atomic E-state index is -3.03. The zero-order valence-corrected chi connectivity index (χ0v) is 14.3. The highest BCUT2D eigenvalue weighted by Gasteiger charge is 2.17. The fourth-order valence-corrected chi connectivity index (χ4v) is 2.95. The molecule has 1 aromatic rings. The molecule has 0 amide bonds. The van der Waals surface area contributed by atoms with E-state index in [2.05, 4.69) is 15.5 Å². The predicted molar refractivity (Wildman–Crippen MR) is 89.5 cm³/mol. The summed E-state index contributed by atoms with van der Waals surface area (Å²) >= 11 is 5.11. The SMILES string of the molecule is CCc1nnc(NCCS(=O)(=O)CC)c(C(N)=S)c1CC. The van der Waals surface area contributed by atoms with Crippen LogP contribution < -0.4 is 11.1 Å². The van der Waals surface area contributed by atoms with Gasteiger partial charge < -0.3 is 11.1 Å². The summed E-state index contributed by atoms with van der Waals surface area (Å²) in [6.45, 7) is 5.88. The zero-order valence-electron chi connectivity index (χ0n) is 12.6. The van der Waals surface area contributed by atoms with Crippen LogP contribution in [0.2, 0.25) is 0 Å². The van der Waals surface area contributed by atoms with Crippen LogP contribution in [-0.2, 0) is 22.7 Å². The third-order valence-corrected chi connectivity index (χ3v) is 5.15. The van der Waals surface area contributed by atoms with Crippen molar-refractivity contribution in [3.05, 3.63) is 16.8 Å². The summed E-state index contributed by atoms with van der Waals surface area (Å²) in [5.41, 5.74) is 8.32. The number of nitrogens with two attached hydrogens (primary N) is 1. The number of hydrogen-bond acceptors (Lipinski definition) is 6. The molecule has 8 heteroatoms. The van der Waals surface area contributed by atoms with E-state index in [1.807, 2.05) is 13.8 Å². The van der Waals surface area contributed by atoms with Gasteiger partial charge in [-0.3, -0.25) is 0 Å². The first kappa shape index (κ1) is 17.8. The van der Waals surface area contributed by atoms with Gasteiger partial charge in [0.1, 0.15) is 4.99 Å². The molecule has 0 unspecified atom stereocenters. The third-order valence-electron chi connectivity index (χ3n) is 3.24. The minimum Gasteiger partial charge on any atom is -0.389 e. The molecule has 6 nitrogen and oxygen atoms in total. The van der Waals surface area contributed by atoms with E-state index in [9.17, 15) is 8.42 Å². The number of rotatable bonds is 8. The first-order valence-corrected chi connectivity index (χ1v) is 9.21. The van der Waals surface area contributed by atoms with Crippen molar-refractivity contribution in [2.45, 2.75) is 33.6 Å². The molecule has 21 heavy (non-hydrogen) atoms. The monoisotopic (exact) mass is 330 g/mol. The number of hydrogen-bond donors (Lipinski definition) is 2. The lowest BCUT2D eigenvalue weighted by Gasteiger charge is -2.15. The number of nitrogens with one attached hydrogen (secondary N) is 1. The van der Waals surface area contributed by atoms with Crippen molar-refractivity contribution in [3.63, 3.8) is 0 Å². The van der Waals surface area contributed by atoms with Gasteiger partial charge in [0.05, 0.1) is 17.0 Å². The minimum absolute atomic E-state index is 0.0406. The molecule has 0 bridgehead atoms. The van der Waals surface area contributed by atoms with Gasteiger partial charge in [0.15, 0.2) is 15.7 Å². The van der Waals surface area contributed by atoms with E-state index in [0.717, 1.165) is 24.1 Å². The Morgan fingerprint density at radius 1 is 1.24 bits per heavy atom. The van der Waals surface area contributed by atoms with Crippen molar-refractivity contribution in [3.8, 4) is 0 Å². The van der Waals surface area contributed by atoms with E-state index in [-0.39, 0.29) is 23.0 Å². The molecule has 0 saturated heterocycles. The van der Waals surface area contributed by atoms with E-state index in [4.69, 9.17) is 18.0 Å². The smallest absolute Gasteiger partial charge is 0.159 e. The fraction of sp³-hybridized carbons (Fsp3) is 0.615. The van der Waals surface area contributed by atoms with Crippen LogP contribution in [0, 0.1) is 0 Å². The van der Waals surface area contributed by atoms with Crippen molar-refractivity contribution in [1.29, 1.82) is 0 Å². The Hall–Kier alpha value is -1.28. The molecule has 0 atom stereocenters. The largest absolute Gasteiger partial charge is 0.389 e. The number of nitrogens with zero attached hydrogens (tertiary/aromatic N) is 2. The summed E-state index contributed by atoms with van der Waals surface area (Å²) in [6.07, 6.45) is 1.49. The first-order chi connectivity index (χ1) is 9.86. The molecule has 0 aliphatic heterocycles. The van der Waals surface area contributed by atoms with Crippen LogP contribution in [-0.4, -0.2) is 41.7 Å². The fourth-order valence-electron chi connectivity index (χ4n) is 2.03. The Morgan fingerprint density at radius 3 is 2.38 bits per heavy atom. The molecule has 0 saturated carbocycles. The summed E-state index contributed by atoms with van der Waals surface area (Å²) in [7, 11) is -3.03. The second kappa shape index (κ2) is 7.65. The summed E-state index contributed by atoms with van der Waals surface area (Å²) in [5, 5.41) is 11.3. The molecular weight excluding hydrogens is 308 g/mol. The van der Waals surface area contributed by atoms with Gasteiger partial charge in [-0.15, -0.1) is 5.10 Å². The van der Waals surface area contributed by atoms with Gasteiger partial charge in [0.2, 0.25) is 0 Å². The van der Waals surface area contributed by atoms with E-state index in [0.29, 0.717) is 11.4 Å². The third kappa shape index (κ3) is 4.60. The van der Waals surface area contributed by atoms with Gasteiger partial charge >= 0.3 is 0 Å². The van der Waals surface area contributed by atoms with Gasteiger partial charge in [0, 0.05) is 12.3 Å². The molecule has 1 heterocycles. The van der Waals surface area contributed by atoms with Gasteiger partial charge in [-0.2, -0.15) is 5.10 Å². The summed E-state index contributed by atoms with van der Waals surface area (Å²) in [5.74, 6) is 0.624. The van der Waals surface area contributed by atoms with Crippen LogP contribution >= 0.6 is 12.2 Å². The maximum Gasteiger partial charge on any atom is 0.159 e. The lowest BCUT2D eigenvalue weighted by atomic mass is 10.0. The highest BCUT2D eigenvalue weighted by atomic mass is 32.2. The molecular formula is C13H22N4O2S2. The Balaban J connectivity index is 3.05. The van der Waals surface area contributed by atoms with Gasteiger partial charge in [-0.05, 0) is 18.4 Å². The summed E-state index contributed by atoms with van der Waals surface area (Å²) < 4.78 is 23.0. The van der Waals surface area contributed by atoms with Crippen LogP contribution in [0.3, 0.4) is 0 Å². The first-order valence-electron chi connectivity index (χ1n) is 6.98. The van der Waals surface area contributed by atoms with E-state index in [1.165, 1.54) is 0 Å². The van der Waals surface area contributed by atoms with Crippen LogP contribution in [0.15, 0.2) is 0 Å². The average molecular weight is 330 g/mol. The molecule has 1 rings (SSSR count). The number of aryl methyl sites for hydroxylation is 1. The van der Waals surface area contributed by atoms with Crippen molar-refractivity contribution in [2.75, 3.05) is 23.4 Å². The van der Waals surface area contributed by atoms with Crippen LogP contribution in [0.25, 0.3) is 0 Å². The lowest BCUT2D eigenvalue weighted by Crippen LogP contribution is -2.23. The van der Waals surface area contributed by atoms with E-state index < -0.39 is 9.84 Å². The Bertz CT molecular complexity index is 615. The lowest BCUT2D eigenvalue weighted by molar-refractivity contribution is 0.597. The van der Waals surface area contributed by atoms with Crippen molar-refractivity contribution >= 4 is 32.9 Å². The predicted octanol–water partition coefficient (Wildman–Crippen LogP) is 1.08. The van der Waals surface area contributed by atoms with Gasteiger partial charge in [-0.25, -0.2) is 8.42 Å². The molecule has 3 N–H and O–H groups in total. The molecule has 0 aromatic carbocycles. The average Bonchev–Trinajstić information content (AvgIpc) is 2.45. The molecule has 0 radical (unpaired) electrons. The normalized spacial score (nSPS) is 11.4. The molecule has 0 fully saturated rings. The Kier molecular flexibility index (Phi) is 6.47. The second-order valence-corrected chi connectivity index (χ2v) is 7.50. The number of aromatic nitrogens is 2. The molecule has 0 aliphatic carbocycles. The second-order valence-electron chi connectivity index (χ2n) is 4.58.